The normalized spacial score (nSPS) is 32.2. The van der Waals surface area contributed by atoms with Crippen LogP contribution in [0.15, 0.2) is 23.3 Å². The van der Waals surface area contributed by atoms with Gasteiger partial charge >= 0.3 is 0 Å². The Morgan fingerprint density at radius 2 is 2.25 bits per heavy atom. The standard InChI is InChI=1S/C12H18/c1-3-4-5-11-7-10-6-9(2)12(11)8-10/h6-7,10,12H,3-5,8H2,1-2H3. The predicted octanol–water partition coefficient (Wildman–Crippen LogP) is 3.70. The third kappa shape index (κ3) is 1.24. The van der Waals surface area contributed by atoms with Crippen LogP contribution in [0, 0.1) is 11.8 Å². The van der Waals surface area contributed by atoms with Crippen LogP contribution in [0.25, 0.3) is 0 Å². The predicted molar refractivity (Wildman–Crippen MR) is 53.0 cm³/mol. The maximum Gasteiger partial charge on any atom is 0.00132 e. The lowest BCUT2D eigenvalue weighted by molar-refractivity contribution is 0.653. The summed E-state index contributed by atoms with van der Waals surface area (Å²) in [6.45, 7) is 4.57. The van der Waals surface area contributed by atoms with E-state index in [2.05, 4.69) is 26.0 Å². The Labute approximate surface area is 75.4 Å². The van der Waals surface area contributed by atoms with Crippen LogP contribution >= 0.6 is 0 Å². The van der Waals surface area contributed by atoms with E-state index in [4.69, 9.17) is 0 Å². The van der Waals surface area contributed by atoms with E-state index in [1.54, 1.807) is 11.1 Å². The Bertz CT molecular complexity index is 232. The van der Waals surface area contributed by atoms with Crippen LogP contribution in [0.4, 0.5) is 0 Å². The maximum absolute atomic E-state index is 2.51. The van der Waals surface area contributed by atoms with Crippen molar-refractivity contribution in [3.63, 3.8) is 0 Å². The van der Waals surface area contributed by atoms with E-state index in [0.29, 0.717) is 0 Å². The highest BCUT2D eigenvalue weighted by atomic mass is 14.4. The number of hydrogen-bond acceptors (Lipinski definition) is 0. The van der Waals surface area contributed by atoms with Crippen molar-refractivity contribution in [2.45, 2.75) is 39.5 Å². The molecule has 2 aliphatic rings. The van der Waals surface area contributed by atoms with Gasteiger partial charge in [0.1, 0.15) is 0 Å². The third-order valence-electron chi connectivity index (χ3n) is 3.23. The van der Waals surface area contributed by atoms with Crippen LogP contribution in [0.1, 0.15) is 39.5 Å². The molecule has 2 aliphatic carbocycles. The Morgan fingerprint density at radius 1 is 1.42 bits per heavy atom. The van der Waals surface area contributed by atoms with Crippen LogP contribution in [-0.4, -0.2) is 0 Å². The van der Waals surface area contributed by atoms with Gasteiger partial charge in [-0.3, -0.25) is 0 Å². The summed E-state index contributed by atoms with van der Waals surface area (Å²) in [6.07, 6.45) is 10.4. The zero-order valence-corrected chi connectivity index (χ0v) is 8.14. The van der Waals surface area contributed by atoms with Crippen molar-refractivity contribution in [1.82, 2.24) is 0 Å². The van der Waals surface area contributed by atoms with E-state index in [1.165, 1.54) is 25.7 Å². The summed E-state index contributed by atoms with van der Waals surface area (Å²) < 4.78 is 0. The molecule has 12 heavy (non-hydrogen) atoms. The Balaban J connectivity index is 1.98. The molecule has 0 heterocycles. The van der Waals surface area contributed by atoms with Crippen LogP contribution in [-0.2, 0) is 0 Å². The molecule has 2 bridgehead atoms. The molecule has 0 nitrogen and oxygen atoms in total. The van der Waals surface area contributed by atoms with Crippen LogP contribution in [0.2, 0.25) is 0 Å². The van der Waals surface area contributed by atoms with Gasteiger partial charge in [0.2, 0.25) is 0 Å². The highest BCUT2D eigenvalue weighted by Crippen LogP contribution is 2.44. The zero-order valence-electron chi connectivity index (χ0n) is 8.14. The van der Waals surface area contributed by atoms with Crippen molar-refractivity contribution < 1.29 is 0 Å². The highest BCUT2D eigenvalue weighted by Gasteiger charge is 2.31. The summed E-state index contributed by atoms with van der Waals surface area (Å²) in [5, 5.41) is 0. The fourth-order valence-electron chi connectivity index (χ4n) is 2.57. The summed E-state index contributed by atoms with van der Waals surface area (Å²) in [5.41, 5.74) is 3.37. The largest absolute Gasteiger partial charge is 0.0781 e. The molecule has 66 valence electrons. The molecule has 0 aromatic rings. The van der Waals surface area contributed by atoms with Crippen molar-refractivity contribution >= 4 is 0 Å². The molecule has 0 saturated heterocycles. The Kier molecular flexibility index (Phi) is 2.08. The number of hydrogen-bond donors (Lipinski definition) is 0. The fourth-order valence-corrected chi connectivity index (χ4v) is 2.57. The van der Waals surface area contributed by atoms with Gasteiger partial charge in [0.15, 0.2) is 0 Å². The molecule has 0 heteroatoms. The van der Waals surface area contributed by atoms with Gasteiger partial charge in [0.05, 0.1) is 0 Å². The maximum atomic E-state index is 2.51. The first-order chi connectivity index (χ1) is 5.81. The van der Waals surface area contributed by atoms with Crippen LogP contribution in [0.3, 0.4) is 0 Å². The van der Waals surface area contributed by atoms with Gasteiger partial charge in [-0.25, -0.2) is 0 Å². The fraction of sp³-hybridized carbons (Fsp3) is 0.667. The molecule has 0 amide bonds. The van der Waals surface area contributed by atoms with Crippen molar-refractivity contribution in [3.05, 3.63) is 23.3 Å². The van der Waals surface area contributed by atoms with Crippen molar-refractivity contribution in [3.8, 4) is 0 Å². The molecule has 0 aromatic heterocycles. The number of unbranched alkanes of at least 4 members (excludes halogenated alkanes) is 1. The SMILES string of the molecule is CCCCC1=CC2C=C(C)C1C2. The second-order valence-corrected chi connectivity index (χ2v) is 4.21. The van der Waals surface area contributed by atoms with E-state index < -0.39 is 0 Å². The molecule has 0 N–H and O–H groups in total. The van der Waals surface area contributed by atoms with E-state index in [-0.39, 0.29) is 0 Å². The van der Waals surface area contributed by atoms with Gasteiger partial charge < -0.3 is 0 Å². The van der Waals surface area contributed by atoms with Gasteiger partial charge in [0.25, 0.3) is 0 Å². The second kappa shape index (κ2) is 3.08. The molecule has 0 saturated carbocycles. The van der Waals surface area contributed by atoms with E-state index in [0.717, 1.165) is 11.8 Å². The van der Waals surface area contributed by atoms with Gasteiger partial charge in [0, 0.05) is 5.92 Å². The zero-order chi connectivity index (χ0) is 8.55. The summed E-state index contributed by atoms with van der Waals surface area (Å²) in [7, 11) is 0. The lowest BCUT2D eigenvalue weighted by Gasteiger charge is -2.13. The van der Waals surface area contributed by atoms with Gasteiger partial charge in [-0.15, -0.1) is 0 Å². The number of rotatable bonds is 3. The number of allylic oxidation sites excluding steroid dienone is 4. The molecular weight excluding hydrogens is 144 g/mol. The molecule has 2 atom stereocenters. The van der Waals surface area contributed by atoms with Crippen LogP contribution in [0.5, 0.6) is 0 Å². The topological polar surface area (TPSA) is 0 Å². The Hall–Kier alpha value is -0.520. The van der Waals surface area contributed by atoms with E-state index >= 15 is 0 Å². The summed E-state index contributed by atoms with van der Waals surface area (Å²) >= 11 is 0. The third-order valence-corrected chi connectivity index (χ3v) is 3.23. The quantitative estimate of drug-likeness (QED) is 0.555. The van der Waals surface area contributed by atoms with Gasteiger partial charge in [-0.05, 0) is 32.1 Å². The van der Waals surface area contributed by atoms with Crippen molar-refractivity contribution in [2.75, 3.05) is 0 Å². The first-order valence-electron chi connectivity index (χ1n) is 5.20. The average molecular weight is 162 g/mol. The Morgan fingerprint density at radius 3 is 2.83 bits per heavy atom. The summed E-state index contributed by atoms with van der Waals surface area (Å²) in [6, 6.07) is 0. The minimum Gasteiger partial charge on any atom is -0.0781 e. The smallest absolute Gasteiger partial charge is 0.00132 e. The molecular formula is C12H18. The molecule has 2 rings (SSSR count). The van der Waals surface area contributed by atoms with E-state index in [1.807, 2.05) is 0 Å². The summed E-state index contributed by atoms with van der Waals surface area (Å²) in [4.78, 5) is 0. The molecule has 0 fully saturated rings. The molecule has 2 unspecified atom stereocenters. The first-order valence-corrected chi connectivity index (χ1v) is 5.20. The molecule has 0 spiro atoms. The van der Waals surface area contributed by atoms with Crippen LogP contribution < -0.4 is 0 Å². The average Bonchev–Trinajstić information content (AvgIpc) is 2.58. The highest BCUT2D eigenvalue weighted by molar-refractivity contribution is 5.35. The summed E-state index contributed by atoms with van der Waals surface area (Å²) in [5.74, 6) is 1.66. The lowest BCUT2D eigenvalue weighted by Crippen LogP contribution is -1.98. The second-order valence-electron chi connectivity index (χ2n) is 4.21. The number of fused-ring (bicyclic) bond motifs is 2. The van der Waals surface area contributed by atoms with Gasteiger partial charge in [-0.2, -0.15) is 0 Å². The van der Waals surface area contributed by atoms with Crippen molar-refractivity contribution in [1.29, 1.82) is 0 Å². The molecule has 0 radical (unpaired) electrons. The van der Waals surface area contributed by atoms with Crippen molar-refractivity contribution in [2.24, 2.45) is 11.8 Å². The molecule has 0 aromatic carbocycles. The van der Waals surface area contributed by atoms with Gasteiger partial charge in [-0.1, -0.05) is 36.6 Å². The molecule has 0 aliphatic heterocycles. The minimum atomic E-state index is 0.807. The minimum absolute atomic E-state index is 0.807. The first kappa shape index (κ1) is 8.10. The monoisotopic (exact) mass is 162 g/mol. The lowest BCUT2D eigenvalue weighted by atomic mass is 9.92. The van der Waals surface area contributed by atoms with E-state index in [9.17, 15) is 0 Å².